The maximum absolute atomic E-state index is 11.7. The lowest BCUT2D eigenvalue weighted by atomic mass is 10.3. The third kappa shape index (κ3) is 2.61. The Balaban J connectivity index is 2.79. The third-order valence-corrected chi connectivity index (χ3v) is 3.25. The first-order valence-electron chi connectivity index (χ1n) is 4.95. The number of hydrogen-bond donors (Lipinski definition) is 2. The second-order valence-corrected chi connectivity index (χ2v) is 4.86. The molecule has 19 heavy (non-hydrogen) atoms. The Hall–Kier alpha value is -1.86. The van der Waals surface area contributed by atoms with Crippen LogP contribution >= 0.6 is 27.5 Å². The van der Waals surface area contributed by atoms with E-state index in [1.165, 1.54) is 6.07 Å². The van der Waals surface area contributed by atoms with Gasteiger partial charge in [0.1, 0.15) is 5.56 Å². The molecule has 0 amide bonds. The van der Waals surface area contributed by atoms with Gasteiger partial charge in [0.15, 0.2) is 0 Å². The molecule has 0 saturated heterocycles. The second kappa shape index (κ2) is 5.02. The van der Waals surface area contributed by atoms with Crippen LogP contribution in [0.1, 0.15) is 10.4 Å². The van der Waals surface area contributed by atoms with Crippen LogP contribution in [-0.2, 0) is 0 Å². The fourth-order valence-corrected chi connectivity index (χ4v) is 2.08. The van der Waals surface area contributed by atoms with Crippen molar-refractivity contribution < 1.29 is 9.90 Å². The number of benzene rings is 1. The SMILES string of the molecule is O=C(O)c1cn(-c2cc(Cl)ccc2Br)c(=O)[nH]c1=O. The summed E-state index contributed by atoms with van der Waals surface area (Å²) in [7, 11) is 0. The summed E-state index contributed by atoms with van der Waals surface area (Å²) in [6.07, 6.45) is 0.958. The van der Waals surface area contributed by atoms with E-state index in [4.69, 9.17) is 16.7 Å². The maximum Gasteiger partial charge on any atom is 0.342 e. The smallest absolute Gasteiger partial charge is 0.342 e. The van der Waals surface area contributed by atoms with Gasteiger partial charge in [-0.1, -0.05) is 11.6 Å². The number of carboxylic acids is 1. The standard InChI is InChI=1S/C11H6BrClN2O4/c12-7-2-1-5(13)3-8(7)15-4-6(10(17)18)9(16)14-11(15)19/h1-4H,(H,17,18)(H,14,16,19). The molecule has 1 aromatic carbocycles. The van der Waals surface area contributed by atoms with Gasteiger partial charge in [0.2, 0.25) is 0 Å². The van der Waals surface area contributed by atoms with E-state index in [1.54, 1.807) is 12.1 Å². The van der Waals surface area contributed by atoms with Gasteiger partial charge in [0, 0.05) is 15.7 Å². The van der Waals surface area contributed by atoms with Crippen LogP contribution in [0, 0.1) is 0 Å². The van der Waals surface area contributed by atoms with Gasteiger partial charge < -0.3 is 5.11 Å². The lowest BCUT2D eigenvalue weighted by Crippen LogP contribution is -2.32. The number of carboxylic acid groups (broad SMARTS) is 1. The molecule has 1 heterocycles. The van der Waals surface area contributed by atoms with E-state index < -0.39 is 22.8 Å². The van der Waals surface area contributed by atoms with Crippen LogP contribution in [0.15, 0.2) is 38.5 Å². The molecule has 0 bridgehead atoms. The Kier molecular flexibility index (Phi) is 3.59. The van der Waals surface area contributed by atoms with Gasteiger partial charge >= 0.3 is 11.7 Å². The number of aromatic nitrogens is 2. The summed E-state index contributed by atoms with van der Waals surface area (Å²) in [5.74, 6) is -1.42. The number of carbonyl (C=O) groups is 1. The van der Waals surface area contributed by atoms with Gasteiger partial charge in [-0.3, -0.25) is 14.3 Å². The minimum atomic E-state index is -1.42. The van der Waals surface area contributed by atoms with Gasteiger partial charge in [-0.2, -0.15) is 0 Å². The molecule has 0 aliphatic carbocycles. The van der Waals surface area contributed by atoms with Gasteiger partial charge in [0.25, 0.3) is 5.56 Å². The minimum absolute atomic E-state index is 0.330. The van der Waals surface area contributed by atoms with Crippen molar-refractivity contribution in [1.29, 1.82) is 0 Å². The van der Waals surface area contributed by atoms with Crippen molar-refractivity contribution in [2.45, 2.75) is 0 Å². The number of hydrogen-bond acceptors (Lipinski definition) is 3. The van der Waals surface area contributed by atoms with E-state index in [9.17, 15) is 14.4 Å². The first kappa shape index (κ1) is 13.6. The van der Waals surface area contributed by atoms with Crippen molar-refractivity contribution in [1.82, 2.24) is 9.55 Å². The van der Waals surface area contributed by atoms with Gasteiger partial charge in [0.05, 0.1) is 5.69 Å². The van der Waals surface area contributed by atoms with Crippen molar-refractivity contribution in [3.8, 4) is 5.69 Å². The zero-order valence-corrected chi connectivity index (χ0v) is 11.5. The summed E-state index contributed by atoms with van der Waals surface area (Å²) in [5, 5.41) is 9.25. The van der Waals surface area contributed by atoms with Crippen LogP contribution in [0.3, 0.4) is 0 Å². The lowest BCUT2D eigenvalue weighted by molar-refractivity contribution is 0.0694. The van der Waals surface area contributed by atoms with Crippen LogP contribution in [0.4, 0.5) is 0 Å². The van der Waals surface area contributed by atoms with E-state index in [2.05, 4.69) is 15.9 Å². The van der Waals surface area contributed by atoms with Gasteiger partial charge in [-0.05, 0) is 34.1 Å². The molecule has 0 radical (unpaired) electrons. The molecule has 0 aliphatic heterocycles. The zero-order chi connectivity index (χ0) is 14.2. The monoisotopic (exact) mass is 344 g/mol. The molecule has 6 nitrogen and oxygen atoms in total. The molecule has 2 rings (SSSR count). The number of nitrogens with zero attached hydrogens (tertiary/aromatic N) is 1. The fourth-order valence-electron chi connectivity index (χ4n) is 1.47. The molecule has 2 aromatic rings. The summed E-state index contributed by atoms with van der Waals surface area (Å²) >= 11 is 9.05. The van der Waals surface area contributed by atoms with Crippen molar-refractivity contribution >= 4 is 33.5 Å². The van der Waals surface area contributed by atoms with Crippen molar-refractivity contribution in [2.24, 2.45) is 0 Å². The summed E-state index contributed by atoms with van der Waals surface area (Å²) in [4.78, 5) is 35.9. The largest absolute Gasteiger partial charge is 0.477 e. The molecular weight excluding hydrogens is 339 g/mol. The highest BCUT2D eigenvalue weighted by Gasteiger charge is 2.14. The van der Waals surface area contributed by atoms with Crippen molar-refractivity contribution in [2.75, 3.05) is 0 Å². The highest BCUT2D eigenvalue weighted by molar-refractivity contribution is 9.10. The van der Waals surface area contributed by atoms with E-state index >= 15 is 0 Å². The van der Waals surface area contributed by atoms with Gasteiger partial charge in [-0.25, -0.2) is 9.59 Å². The number of aromatic amines is 1. The molecule has 1 aromatic heterocycles. The summed E-state index contributed by atoms with van der Waals surface area (Å²) in [5.41, 5.74) is -1.91. The Bertz CT molecular complexity index is 781. The predicted octanol–water partition coefficient (Wildman–Crippen LogP) is 1.64. The summed E-state index contributed by atoms with van der Waals surface area (Å²) < 4.78 is 1.53. The predicted molar refractivity (Wildman–Crippen MR) is 72.3 cm³/mol. The Labute approximate surface area is 119 Å². The zero-order valence-electron chi connectivity index (χ0n) is 9.18. The average Bonchev–Trinajstić information content (AvgIpc) is 2.32. The number of halogens is 2. The Morgan fingerprint density at radius 2 is 2.05 bits per heavy atom. The van der Waals surface area contributed by atoms with Crippen molar-refractivity contribution in [3.63, 3.8) is 0 Å². The minimum Gasteiger partial charge on any atom is -0.477 e. The Morgan fingerprint density at radius 3 is 2.68 bits per heavy atom. The molecule has 8 heteroatoms. The van der Waals surface area contributed by atoms with E-state index in [0.29, 0.717) is 15.2 Å². The number of rotatable bonds is 2. The molecule has 0 saturated carbocycles. The van der Waals surface area contributed by atoms with E-state index in [1.807, 2.05) is 4.98 Å². The third-order valence-electron chi connectivity index (χ3n) is 2.34. The average molecular weight is 346 g/mol. The molecular formula is C11H6BrClN2O4. The second-order valence-electron chi connectivity index (χ2n) is 3.57. The molecule has 0 atom stereocenters. The first-order chi connectivity index (χ1) is 8.90. The van der Waals surface area contributed by atoms with Crippen LogP contribution in [0.5, 0.6) is 0 Å². The fraction of sp³-hybridized carbons (Fsp3) is 0. The normalized spacial score (nSPS) is 10.4. The number of H-pyrrole nitrogens is 1. The van der Waals surface area contributed by atoms with Gasteiger partial charge in [-0.15, -0.1) is 0 Å². The Morgan fingerprint density at radius 1 is 1.37 bits per heavy atom. The first-order valence-corrected chi connectivity index (χ1v) is 6.12. The van der Waals surface area contributed by atoms with Crippen LogP contribution in [0.25, 0.3) is 5.69 Å². The van der Waals surface area contributed by atoms with E-state index in [0.717, 1.165) is 10.8 Å². The highest BCUT2D eigenvalue weighted by Crippen LogP contribution is 2.23. The molecule has 2 N–H and O–H groups in total. The van der Waals surface area contributed by atoms with Crippen LogP contribution in [-0.4, -0.2) is 20.6 Å². The quantitative estimate of drug-likeness (QED) is 0.865. The topological polar surface area (TPSA) is 92.2 Å². The van der Waals surface area contributed by atoms with E-state index in [-0.39, 0.29) is 0 Å². The van der Waals surface area contributed by atoms with Crippen LogP contribution in [0.2, 0.25) is 5.02 Å². The van der Waals surface area contributed by atoms with Crippen LogP contribution < -0.4 is 11.2 Å². The maximum atomic E-state index is 11.7. The number of aromatic carboxylic acids is 1. The van der Waals surface area contributed by atoms with Crippen molar-refractivity contribution in [3.05, 3.63) is 60.3 Å². The summed E-state index contributed by atoms with van der Waals surface area (Å²) in [6.45, 7) is 0. The molecule has 0 spiro atoms. The molecule has 98 valence electrons. The molecule has 0 fully saturated rings. The molecule has 0 aliphatic rings. The summed E-state index contributed by atoms with van der Waals surface area (Å²) in [6, 6.07) is 4.68. The lowest BCUT2D eigenvalue weighted by Gasteiger charge is -2.08. The molecule has 0 unspecified atom stereocenters. The highest BCUT2D eigenvalue weighted by atomic mass is 79.9. The number of nitrogens with one attached hydrogen (secondary N) is 1.